The van der Waals surface area contributed by atoms with E-state index in [1.165, 1.54) is 18.4 Å². The number of rotatable bonds is 7. The molecule has 0 saturated carbocycles. The van der Waals surface area contributed by atoms with Gasteiger partial charge in [-0.1, -0.05) is 18.2 Å². The van der Waals surface area contributed by atoms with E-state index in [9.17, 15) is 14.4 Å². The Kier molecular flexibility index (Phi) is 7.59. The maximum atomic E-state index is 12.6. The van der Waals surface area contributed by atoms with Crippen LogP contribution in [0.4, 0.5) is 0 Å². The maximum absolute atomic E-state index is 12.6. The zero-order valence-corrected chi connectivity index (χ0v) is 18.0. The van der Waals surface area contributed by atoms with Gasteiger partial charge in [0.25, 0.3) is 5.91 Å². The molecule has 2 aromatic rings. The number of likely N-dealkylation sites (tertiary alicyclic amines) is 1. The summed E-state index contributed by atoms with van der Waals surface area (Å²) >= 11 is 1.44. The molecule has 0 bridgehead atoms. The van der Waals surface area contributed by atoms with Crippen LogP contribution < -0.4 is 10.6 Å². The predicted octanol–water partition coefficient (Wildman–Crippen LogP) is 2.43. The first kappa shape index (κ1) is 22.0. The van der Waals surface area contributed by atoms with Gasteiger partial charge in [0.2, 0.25) is 5.91 Å². The van der Waals surface area contributed by atoms with Crippen LogP contribution in [0.25, 0.3) is 0 Å². The highest BCUT2D eigenvalue weighted by Gasteiger charge is 2.27. The summed E-state index contributed by atoms with van der Waals surface area (Å²) in [4.78, 5) is 39.1. The van der Waals surface area contributed by atoms with Gasteiger partial charge in [0.1, 0.15) is 0 Å². The van der Waals surface area contributed by atoms with Crippen LogP contribution in [0, 0.1) is 0 Å². The van der Waals surface area contributed by atoms with Crippen LogP contribution in [0.5, 0.6) is 0 Å². The van der Waals surface area contributed by atoms with E-state index in [2.05, 4.69) is 20.3 Å². The Hall–Kier alpha value is -2.71. The molecule has 1 saturated heterocycles. The van der Waals surface area contributed by atoms with E-state index in [-0.39, 0.29) is 29.9 Å². The molecule has 8 heteroatoms. The van der Waals surface area contributed by atoms with Crippen molar-refractivity contribution in [3.63, 3.8) is 0 Å². The number of ether oxygens (including phenoxy) is 1. The summed E-state index contributed by atoms with van der Waals surface area (Å²) < 4.78 is 4.68. The lowest BCUT2D eigenvalue weighted by atomic mass is 10.0. The van der Waals surface area contributed by atoms with E-state index < -0.39 is 0 Å². The Labute approximate surface area is 180 Å². The van der Waals surface area contributed by atoms with Crippen molar-refractivity contribution < 1.29 is 19.1 Å². The highest BCUT2D eigenvalue weighted by Crippen LogP contribution is 2.16. The van der Waals surface area contributed by atoms with Crippen molar-refractivity contribution in [2.45, 2.75) is 38.4 Å². The number of benzene rings is 1. The average Bonchev–Trinajstić information content (AvgIpc) is 3.32. The van der Waals surface area contributed by atoms with Gasteiger partial charge in [-0.05, 0) is 48.9 Å². The van der Waals surface area contributed by atoms with E-state index in [0.717, 1.165) is 36.4 Å². The predicted molar refractivity (Wildman–Crippen MR) is 115 cm³/mol. The van der Waals surface area contributed by atoms with Gasteiger partial charge in [-0.3, -0.25) is 14.5 Å². The molecule has 1 unspecified atom stereocenters. The van der Waals surface area contributed by atoms with Crippen molar-refractivity contribution in [3.05, 3.63) is 57.8 Å². The number of hydrogen-bond acceptors (Lipinski definition) is 6. The molecule has 1 fully saturated rings. The van der Waals surface area contributed by atoms with E-state index >= 15 is 0 Å². The average molecular weight is 430 g/mol. The summed E-state index contributed by atoms with van der Waals surface area (Å²) in [6.07, 6.45) is 1.65. The number of amides is 2. The number of esters is 1. The smallest absolute Gasteiger partial charge is 0.337 e. The van der Waals surface area contributed by atoms with Gasteiger partial charge in [-0.2, -0.15) is 0 Å². The summed E-state index contributed by atoms with van der Waals surface area (Å²) in [5.74, 6) is -0.435. The van der Waals surface area contributed by atoms with Gasteiger partial charge in [-0.15, -0.1) is 11.3 Å². The quantitative estimate of drug-likeness (QED) is 0.660. The van der Waals surface area contributed by atoms with E-state index in [4.69, 9.17) is 0 Å². The van der Waals surface area contributed by atoms with Gasteiger partial charge in [0.05, 0.1) is 23.6 Å². The highest BCUT2D eigenvalue weighted by molar-refractivity contribution is 7.12. The molecular formula is C22H27N3O4S. The molecule has 1 aromatic carbocycles. The van der Waals surface area contributed by atoms with Crippen molar-refractivity contribution in [2.24, 2.45) is 0 Å². The fraction of sp³-hybridized carbons (Fsp3) is 0.409. The summed E-state index contributed by atoms with van der Waals surface area (Å²) in [7, 11) is 1.35. The Balaban J connectivity index is 1.42. The molecule has 30 heavy (non-hydrogen) atoms. The lowest BCUT2D eigenvalue weighted by Crippen LogP contribution is -2.51. The molecule has 1 aromatic heterocycles. The number of carbonyl (C=O) groups is 3. The van der Waals surface area contributed by atoms with Crippen LogP contribution in [0.1, 0.15) is 45.4 Å². The van der Waals surface area contributed by atoms with Gasteiger partial charge in [0, 0.05) is 25.7 Å². The first-order valence-corrected chi connectivity index (χ1v) is 10.9. The molecule has 160 valence electrons. The monoisotopic (exact) mass is 429 g/mol. The normalized spacial score (nSPS) is 15.9. The van der Waals surface area contributed by atoms with Gasteiger partial charge >= 0.3 is 5.97 Å². The third-order valence-electron chi connectivity index (χ3n) is 5.38. The summed E-state index contributed by atoms with van der Waals surface area (Å²) in [6.45, 7) is 3.83. The molecule has 0 spiro atoms. The fourth-order valence-electron chi connectivity index (χ4n) is 3.47. The van der Waals surface area contributed by atoms with Crippen molar-refractivity contribution in [1.82, 2.24) is 15.5 Å². The van der Waals surface area contributed by atoms with E-state index in [1.807, 2.05) is 24.4 Å². The Morgan fingerprint density at radius 2 is 1.87 bits per heavy atom. The molecule has 1 aliphatic rings. The van der Waals surface area contributed by atoms with Gasteiger partial charge in [0.15, 0.2) is 0 Å². The van der Waals surface area contributed by atoms with Gasteiger partial charge in [-0.25, -0.2) is 4.79 Å². The van der Waals surface area contributed by atoms with Crippen LogP contribution in [0.2, 0.25) is 0 Å². The minimum Gasteiger partial charge on any atom is -0.465 e. The number of nitrogens with one attached hydrogen (secondary N) is 2. The molecule has 0 aliphatic carbocycles. The van der Waals surface area contributed by atoms with Crippen molar-refractivity contribution in [2.75, 3.05) is 20.2 Å². The van der Waals surface area contributed by atoms with Crippen LogP contribution in [0.3, 0.4) is 0 Å². The molecular weight excluding hydrogens is 402 g/mol. The lowest BCUT2D eigenvalue weighted by molar-refractivity contribution is -0.126. The first-order valence-electron chi connectivity index (χ1n) is 10.0. The van der Waals surface area contributed by atoms with Crippen LogP contribution >= 0.6 is 11.3 Å². The minimum absolute atomic E-state index is 0.0209. The van der Waals surface area contributed by atoms with Crippen molar-refractivity contribution in [3.8, 4) is 0 Å². The van der Waals surface area contributed by atoms with Crippen LogP contribution in [0.15, 0.2) is 41.8 Å². The number of hydrogen-bond donors (Lipinski definition) is 2. The van der Waals surface area contributed by atoms with Gasteiger partial charge < -0.3 is 15.4 Å². The lowest BCUT2D eigenvalue weighted by Gasteiger charge is -2.35. The zero-order valence-electron chi connectivity index (χ0n) is 17.2. The minimum atomic E-state index is -0.380. The Morgan fingerprint density at radius 1 is 1.17 bits per heavy atom. The molecule has 2 heterocycles. The molecule has 1 aliphatic heterocycles. The van der Waals surface area contributed by atoms with Crippen LogP contribution in [-0.2, 0) is 16.1 Å². The first-order chi connectivity index (χ1) is 14.5. The summed E-state index contributed by atoms with van der Waals surface area (Å²) in [6, 6.07) is 10.6. The number of nitrogens with zero attached hydrogens (tertiary/aromatic N) is 1. The zero-order chi connectivity index (χ0) is 21.5. The van der Waals surface area contributed by atoms with E-state index in [1.54, 1.807) is 24.3 Å². The molecule has 2 amide bonds. The third-order valence-corrected chi connectivity index (χ3v) is 6.25. The molecule has 7 nitrogen and oxygen atoms in total. The number of methoxy groups -OCH3 is 1. The van der Waals surface area contributed by atoms with Crippen molar-refractivity contribution in [1.29, 1.82) is 0 Å². The van der Waals surface area contributed by atoms with Crippen molar-refractivity contribution >= 4 is 29.1 Å². The SMILES string of the molecule is COC(=O)c1ccc(CNC(=O)C(C)N2CCC(NC(=O)c3cccs3)CC2)cc1. The largest absolute Gasteiger partial charge is 0.465 e. The molecule has 0 radical (unpaired) electrons. The second-order valence-corrected chi connectivity index (χ2v) is 8.29. The Morgan fingerprint density at radius 3 is 2.47 bits per heavy atom. The standard InChI is InChI=1S/C22H27N3O4S/c1-15(20(26)23-14-16-5-7-17(8-6-16)22(28)29-2)25-11-9-18(10-12-25)24-21(27)19-4-3-13-30-19/h3-8,13,15,18H,9-12,14H2,1-2H3,(H,23,26)(H,24,27). The second-order valence-electron chi connectivity index (χ2n) is 7.34. The van der Waals surface area contributed by atoms with Crippen LogP contribution in [-0.4, -0.2) is 55.0 Å². The topological polar surface area (TPSA) is 87.7 Å². The number of piperidine rings is 1. The summed E-state index contributed by atoms with van der Waals surface area (Å²) in [5.41, 5.74) is 1.40. The number of carbonyl (C=O) groups excluding carboxylic acids is 3. The molecule has 1 atom stereocenters. The molecule has 2 N–H and O–H groups in total. The third kappa shape index (κ3) is 5.67. The highest BCUT2D eigenvalue weighted by atomic mass is 32.1. The Bertz CT molecular complexity index is 859. The summed E-state index contributed by atoms with van der Waals surface area (Å²) in [5, 5.41) is 7.93. The number of thiophene rings is 1. The fourth-order valence-corrected chi connectivity index (χ4v) is 4.10. The maximum Gasteiger partial charge on any atom is 0.337 e. The molecule has 3 rings (SSSR count). The second kappa shape index (κ2) is 10.4. The van der Waals surface area contributed by atoms with E-state index in [0.29, 0.717) is 12.1 Å².